The number of amides is 2. The van der Waals surface area contributed by atoms with Crippen molar-refractivity contribution >= 4 is 35.3 Å². The van der Waals surface area contributed by atoms with Crippen molar-refractivity contribution in [1.29, 1.82) is 5.41 Å². The Morgan fingerprint density at radius 2 is 1.89 bits per heavy atom. The summed E-state index contributed by atoms with van der Waals surface area (Å²) in [4.78, 5) is 28.2. The number of halogens is 1. The van der Waals surface area contributed by atoms with Gasteiger partial charge in [-0.1, -0.05) is 12.1 Å². The first-order valence-corrected chi connectivity index (χ1v) is 13.5. The summed E-state index contributed by atoms with van der Waals surface area (Å²) < 4.78 is 26.2. The molecule has 204 valence electrons. The molecule has 2 amide bonds. The van der Waals surface area contributed by atoms with Crippen molar-refractivity contribution in [2.75, 3.05) is 10.7 Å². The lowest BCUT2D eigenvalue weighted by Gasteiger charge is -2.27. The number of hydrogen-bond donors (Lipinski definition) is 4. The summed E-state index contributed by atoms with van der Waals surface area (Å²) in [7, 11) is 0. The second-order valence-corrected chi connectivity index (χ2v) is 11.5. The highest BCUT2D eigenvalue weighted by Crippen LogP contribution is 2.37. The van der Waals surface area contributed by atoms with Crippen LogP contribution in [0.2, 0.25) is 0 Å². The third kappa shape index (κ3) is 6.76. The van der Waals surface area contributed by atoms with Gasteiger partial charge in [-0.05, 0) is 76.3 Å². The highest BCUT2D eigenvalue weighted by molar-refractivity contribution is 7.99. The Bertz CT molecular complexity index is 1200. The maximum Gasteiger partial charge on any atom is 0.408 e. The summed E-state index contributed by atoms with van der Waals surface area (Å²) in [6.07, 6.45) is 3.92. The lowest BCUT2D eigenvalue weighted by molar-refractivity contribution is -0.120. The summed E-state index contributed by atoms with van der Waals surface area (Å²) >= 11 is 1.21. The smallest absolute Gasteiger partial charge is 0.408 e. The van der Waals surface area contributed by atoms with E-state index in [-0.39, 0.29) is 24.0 Å². The minimum atomic E-state index is -0.936. The second kappa shape index (κ2) is 11.6. The molecule has 1 atom stereocenters. The van der Waals surface area contributed by atoms with Crippen LogP contribution in [0.15, 0.2) is 41.3 Å². The number of fused-ring (bicyclic) bond motifs is 1. The van der Waals surface area contributed by atoms with Gasteiger partial charge in [-0.3, -0.25) is 20.9 Å². The van der Waals surface area contributed by atoms with Crippen LogP contribution in [0.1, 0.15) is 57.6 Å². The molecule has 0 unspecified atom stereocenters. The Morgan fingerprint density at radius 1 is 1.21 bits per heavy atom. The van der Waals surface area contributed by atoms with Crippen LogP contribution in [0.3, 0.4) is 0 Å². The summed E-state index contributed by atoms with van der Waals surface area (Å²) in [5, 5.41) is 19.7. The van der Waals surface area contributed by atoms with E-state index in [1.807, 2.05) is 24.3 Å². The minimum absolute atomic E-state index is 0.132. The van der Waals surface area contributed by atoms with Crippen molar-refractivity contribution in [3.05, 3.63) is 53.3 Å². The highest BCUT2D eigenvalue weighted by Gasteiger charge is 2.34. The van der Waals surface area contributed by atoms with E-state index in [9.17, 15) is 19.2 Å². The Balaban J connectivity index is 1.63. The second-order valence-electron chi connectivity index (χ2n) is 10.4. The monoisotopic (exact) mass is 544 g/mol. The molecule has 0 bridgehead atoms. The van der Waals surface area contributed by atoms with E-state index in [4.69, 9.17) is 14.9 Å². The molecule has 0 radical (unpaired) electrons. The van der Waals surface area contributed by atoms with Crippen LogP contribution in [-0.4, -0.2) is 46.5 Å². The molecule has 0 aromatic heterocycles. The zero-order chi connectivity index (χ0) is 27.4. The molecule has 38 heavy (non-hydrogen) atoms. The first-order valence-electron chi connectivity index (χ1n) is 12.6. The molecule has 1 aliphatic carbocycles. The topological polar surface area (TPSA) is 124 Å². The van der Waals surface area contributed by atoms with E-state index in [1.165, 1.54) is 41.6 Å². The Kier molecular flexibility index (Phi) is 8.47. The Hall–Kier alpha value is -3.31. The molecular formula is C27H33FN4O5S. The van der Waals surface area contributed by atoms with E-state index in [1.54, 1.807) is 26.3 Å². The number of benzene rings is 2. The maximum absolute atomic E-state index is 14.8. The number of thioether (sulfide) groups is 1. The molecule has 0 spiro atoms. The van der Waals surface area contributed by atoms with E-state index in [2.05, 4.69) is 5.32 Å². The molecule has 2 aliphatic rings. The zero-order valence-electron chi connectivity index (χ0n) is 21.7. The van der Waals surface area contributed by atoms with Crippen LogP contribution in [0.5, 0.6) is 5.75 Å². The molecule has 9 nitrogen and oxygen atoms in total. The number of anilines is 1. The van der Waals surface area contributed by atoms with Gasteiger partial charge in [-0.2, -0.15) is 0 Å². The van der Waals surface area contributed by atoms with Gasteiger partial charge in [0.25, 0.3) is 5.91 Å². The molecule has 1 heterocycles. The average Bonchev–Trinajstić information content (AvgIpc) is 3.33. The van der Waals surface area contributed by atoms with E-state index >= 15 is 0 Å². The quantitative estimate of drug-likeness (QED) is 0.230. The molecule has 2 aromatic rings. The standard InChI is InChI=1S/C27H33FN4O5S/c1-27(2,3)37-26(34)30-21-15-38-23-13-20(28)19(24(29)31-35)12-22(23)32(25(21)33)14-16-8-10-18(11-9-16)36-17-6-4-5-7-17/h8-13,17,21,35H,4-7,14-15H2,1-3H3,(H2,29,31)(H,30,34)/t21-/m0/s1. The number of amidine groups is 1. The molecule has 1 fully saturated rings. The number of nitrogens with zero attached hydrogens (tertiary/aromatic N) is 1. The fourth-order valence-electron chi connectivity index (χ4n) is 4.44. The fraction of sp³-hybridized carbons (Fsp3) is 0.444. The Morgan fingerprint density at radius 3 is 2.53 bits per heavy atom. The number of hydroxylamine groups is 1. The average molecular weight is 545 g/mol. The SMILES string of the molecule is CC(C)(C)OC(=O)N[C@H]1CSc2cc(F)c(C(=N)NO)cc2N(Cc2ccc(OC3CCCC3)cc2)C1=O. The van der Waals surface area contributed by atoms with Gasteiger partial charge in [-0.15, -0.1) is 11.8 Å². The van der Waals surface area contributed by atoms with Gasteiger partial charge in [-0.25, -0.2) is 9.18 Å². The molecular weight excluding hydrogens is 511 g/mol. The van der Waals surface area contributed by atoms with Gasteiger partial charge in [0.05, 0.1) is 23.9 Å². The third-order valence-electron chi connectivity index (χ3n) is 6.25. The number of alkyl carbamates (subject to hydrolysis) is 1. The number of carbonyl (C=O) groups is 2. The van der Waals surface area contributed by atoms with Crippen molar-refractivity contribution in [2.24, 2.45) is 0 Å². The van der Waals surface area contributed by atoms with Crippen LogP contribution >= 0.6 is 11.8 Å². The molecule has 0 saturated heterocycles. The molecule has 1 aliphatic heterocycles. The number of ether oxygens (including phenoxy) is 2. The molecule has 4 rings (SSSR count). The van der Waals surface area contributed by atoms with Crippen LogP contribution in [0, 0.1) is 11.2 Å². The van der Waals surface area contributed by atoms with Gasteiger partial charge in [0.1, 0.15) is 23.2 Å². The third-order valence-corrected chi connectivity index (χ3v) is 7.39. The molecule has 4 N–H and O–H groups in total. The lowest BCUT2D eigenvalue weighted by Crippen LogP contribution is -2.50. The van der Waals surface area contributed by atoms with E-state index < -0.39 is 35.3 Å². The van der Waals surface area contributed by atoms with Gasteiger partial charge in [0.2, 0.25) is 0 Å². The largest absolute Gasteiger partial charge is 0.490 e. The molecule has 1 saturated carbocycles. The summed E-state index contributed by atoms with van der Waals surface area (Å²) in [6.45, 7) is 5.32. The normalized spacial score (nSPS) is 18.0. The Labute approximate surface area is 225 Å². The van der Waals surface area contributed by atoms with E-state index in [0.29, 0.717) is 10.6 Å². The minimum Gasteiger partial charge on any atom is -0.490 e. The van der Waals surface area contributed by atoms with E-state index in [0.717, 1.165) is 24.2 Å². The predicted octanol–water partition coefficient (Wildman–Crippen LogP) is 4.98. The summed E-state index contributed by atoms with van der Waals surface area (Å²) in [5.41, 5.74) is 1.89. The van der Waals surface area contributed by atoms with Crippen LogP contribution in [0.4, 0.5) is 14.9 Å². The molecule has 2 aromatic carbocycles. The van der Waals surface area contributed by atoms with Crippen LogP contribution in [-0.2, 0) is 16.1 Å². The number of rotatable bonds is 6. The van der Waals surface area contributed by atoms with Crippen molar-refractivity contribution in [3.8, 4) is 5.75 Å². The summed E-state index contributed by atoms with van der Waals surface area (Å²) in [5.74, 6) is -0.750. The number of nitrogens with one attached hydrogen (secondary N) is 3. The van der Waals surface area contributed by atoms with Gasteiger partial charge in [0, 0.05) is 10.6 Å². The maximum atomic E-state index is 14.8. The first-order chi connectivity index (χ1) is 18.0. The van der Waals surface area contributed by atoms with Crippen molar-refractivity contribution in [2.45, 2.75) is 75.6 Å². The van der Waals surface area contributed by atoms with Gasteiger partial charge >= 0.3 is 6.09 Å². The van der Waals surface area contributed by atoms with Gasteiger partial charge < -0.3 is 19.7 Å². The highest BCUT2D eigenvalue weighted by atomic mass is 32.2. The first kappa shape index (κ1) is 27.7. The lowest BCUT2D eigenvalue weighted by atomic mass is 10.1. The fourth-order valence-corrected chi connectivity index (χ4v) is 5.52. The van der Waals surface area contributed by atoms with Crippen LogP contribution < -0.4 is 20.4 Å². The zero-order valence-corrected chi connectivity index (χ0v) is 22.5. The van der Waals surface area contributed by atoms with Crippen LogP contribution in [0.25, 0.3) is 0 Å². The molecule has 11 heteroatoms. The number of hydrogen-bond acceptors (Lipinski definition) is 7. The van der Waals surface area contributed by atoms with Gasteiger partial charge in [0.15, 0.2) is 5.84 Å². The summed E-state index contributed by atoms with van der Waals surface area (Å²) in [6, 6.07) is 9.12. The van der Waals surface area contributed by atoms with Crippen molar-refractivity contribution in [1.82, 2.24) is 10.8 Å². The predicted molar refractivity (Wildman–Crippen MR) is 143 cm³/mol. The number of carbonyl (C=O) groups excluding carboxylic acids is 2. The van der Waals surface area contributed by atoms with Crippen molar-refractivity contribution in [3.63, 3.8) is 0 Å². The van der Waals surface area contributed by atoms with Crippen molar-refractivity contribution < 1.29 is 28.7 Å².